The lowest BCUT2D eigenvalue weighted by molar-refractivity contribution is 0.0698. The highest BCUT2D eigenvalue weighted by molar-refractivity contribution is 7.85. The van der Waals surface area contributed by atoms with Crippen LogP contribution < -0.4 is 0 Å². The molecule has 9 nitrogen and oxygen atoms in total. The third kappa shape index (κ3) is 5.51. The molecule has 0 fully saturated rings. The highest BCUT2D eigenvalue weighted by atomic mass is 35.5. The van der Waals surface area contributed by atoms with Gasteiger partial charge < -0.3 is 10.2 Å². The predicted octanol–water partition coefficient (Wildman–Crippen LogP) is 5.16. The monoisotopic (exact) mass is 459 g/mol. The first kappa shape index (κ1) is 22.1. The molecule has 0 atom stereocenters. The zero-order valence-electron chi connectivity index (χ0n) is 15.5. The lowest BCUT2D eigenvalue weighted by atomic mass is 10.1. The molecule has 0 saturated carbocycles. The van der Waals surface area contributed by atoms with Gasteiger partial charge >= 0.3 is 5.97 Å². The van der Waals surface area contributed by atoms with Gasteiger partial charge in [-0.15, -0.1) is 5.11 Å². The highest BCUT2D eigenvalue weighted by Gasteiger charge is 2.12. The summed E-state index contributed by atoms with van der Waals surface area (Å²) in [7, 11) is -4.43. The van der Waals surface area contributed by atoms with E-state index < -0.39 is 16.1 Å². The van der Waals surface area contributed by atoms with Crippen LogP contribution in [0.4, 0.5) is 17.1 Å². The van der Waals surface area contributed by atoms with Crippen molar-refractivity contribution in [3.05, 3.63) is 76.8 Å². The summed E-state index contributed by atoms with van der Waals surface area (Å²) in [6.45, 7) is 0. The van der Waals surface area contributed by atoms with Crippen molar-refractivity contribution < 1.29 is 28.0 Å². The van der Waals surface area contributed by atoms with Crippen LogP contribution >= 0.6 is 11.6 Å². The number of hydrogen-bond donors (Lipinski definition) is 3. The van der Waals surface area contributed by atoms with E-state index in [2.05, 4.69) is 15.2 Å². The quantitative estimate of drug-likeness (QED) is 0.263. The molecule has 3 rings (SSSR count). The number of nitrogens with zero attached hydrogens (tertiary/aromatic N) is 3. The fourth-order valence-corrected chi connectivity index (χ4v) is 3.11. The second-order valence-corrected chi connectivity index (χ2v) is 7.94. The van der Waals surface area contributed by atoms with Gasteiger partial charge in [0.05, 0.1) is 26.9 Å². The van der Waals surface area contributed by atoms with Gasteiger partial charge in [0.2, 0.25) is 0 Å². The number of rotatable bonds is 6. The molecule has 3 N–H and O–H groups in total. The van der Waals surface area contributed by atoms with Crippen molar-refractivity contribution >= 4 is 51.0 Å². The molecule has 0 aliphatic carbocycles. The van der Waals surface area contributed by atoms with E-state index in [1.54, 1.807) is 12.1 Å². The molecule has 0 spiro atoms. The van der Waals surface area contributed by atoms with Crippen molar-refractivity contribution in [1.29, 1.82) is 0 Å². The van der Waals surface area contributed by atoms with Crippen LogP contribution in [0.15, 0.2) is 80.8 Å². The van der Waals surface area contributed by atoms with Gasteiger partial charge in [-0.1, -0.05) is 23.7 Å². The zero-order chi connectivity index (χ0) is 22.6. The second-order valence-electron chi connectivity index (χ2n) is 6.11. The van der Waals surface area contributed by atoms with E-state index in [-0.39, 0.29) is 43.9 Å². The van der Waals surface area contributed by atoms with Crippen LogP contribution in [0.2, 0.25) is 5.02 Å². The molecule has 158 valence electrons. The van der Waals surface area contributed by atoms with Gasteiger partial charge in [0.15, 0.2) is 0 Å². The molecule has 31 heavy (non-hydrogen) atoms. The van der Waals surface area contributed by atoms with E-state index in [0.29, 0.717) is 0 Å². The first-order chi connectivity index (χ1) is 14.6. The fourth-order valence-electron chi connectivity index (χ4n) is 2.45. The van der Waals surface area contributed by atoms with Crippen LogP contribution in [0.1, 0.15) is 15.9 Å². The van der Waals surface area contributed by atoms with Crippen LogP contribution in [-0.2, 0) is 10.1 Å². The number of phenols is 1. The molecule has 0 saturated heterocycles. The number of phenolic OH excluding ortho intramolecular Hbond substituents is 1. The molecule has 0 bridgehead atoms. The highest BCUT2D eigenvalue weighted by Crippen LogP contribution is 2.30. The number of aliphatic imine (C=N–C) groups is 1. The minimum absolute atomic E-state index is 0.00226. The number of aromatic hydroxyl groups is 1. The molecular weight excluding hydrogens is 446 g/mol. The minimum atomic E-state index is -4.43. The Morgan fingerprint density at radius 2 is 1.71 bits per heavy atom. The molecule has 11 heteroatoms. The summed E-state index contributed by atoms with van der Waals surface area (Å²) in [5.74, 6) is -1.26. The number of carboxylic acid groups (broad SMARTS) is 1. The maximum atomic E-state index is 11.3. The molecule has 0 aromatic heterocycles. The Morgan fingerprint density at radius 3 is 2.42 bits per heavy atom. The number of hydrogen-bond acceptors (Lipinski definition) is 7. The largest absolute Gasteiger partial charge is 0.507 e. The van der Waals surface area contributed by atoms with Crippen molar-refractivity contribution in [3.63, 3.8) is 0 Å². The van der Waals surface area contributed by atoms with E-state index in [1.165, 1.54) is 42.6 Å². The molecule has 0 radical (unpaired) electrons. The van der Waals surface area contributed by atoms with Crippen LogP contribution in [-0.4, -0.2) is 35.4 Å². The van der Waals surface area contributed by atoms with E-state index in [0.717, 1.165) is 12.1 Å². The van der Waals surface area contributed by atoms with Crippen LogP contribution in [0.3, 0.4) is 0 Å². The summed E-state index contributed by atoms with van der Waals surface area (Å²) >= 11 is 5.99. The normalized spacial score (nSPS) is 11.9. The smallest absolute Gasteiger partial charge is 0.337 e. The van der Waals surface area contributed by atoms with Crippen molar-refractivity contribution in [2.45, 2.75) is 4.90 Å². The molecule has 3 aromatic rings. The molecular formula is C20H14ClN3O6S. The van der Waals surface area contributed by atoms with Gasteiger partial charge in [-0.25, -0.2) is 4.79 Å². The number of benzene rings is 3. The number of para-hydroxylation sites is 1. The number of aromatic carboxylic acids is 1. The summed E-state index contributed by atoms with van der Waals surface area (Å²) in [4.78, 5) is 15.0. The first-order valence-corrected chi connectivity index (χ1v) is 10.3. The van der Waals surface area contributed by atoms with Crippen molar-refractivity contribution in [2.24, 2.45) is 15.2 Å². The van der Waals surface area contributed by atoms with Crippen LogP contribution in [0, 0.1) is 0 Å². The number of carboxylic acids is 1. The zero-order valence-corrected chi connectivity index (χ0v) is 17.1. The lowest BCUT2D eigenvalue weighted by Crippen LogP contribution is -1.97. The third-order valence-corrected chi connectivity index (χ3v) is 5.15. The average Bonchev–Trinajstić information content (AvgIpc) is 2.72. The minimum Gasteiger partial charge on any atom is -0.507 e. The molecule has 0 unspecified atom stereocenters. The summed E-state index contributed by atoms with van der Waals surface area (Å²) in [5.41, 5.74) is 0.738. The van der Waals surface area contributed by atoms with Gasteiger partial charge in [0, 0.05) is 11.8 Å². The standard InChI is InChI=1S/C20H14ClN3O6S/c21-16-7-6-14(31(28,29)30)10-18(16)24-23-13-5-8-19(25)12(9-13)11-22-17-4-2-1-3-15(17)20(26)27/h1-11,25H,(H,26,27)(H,28,29,30). The first-order valence-electron chi connectivity index (χ1n) is 8.53. The second kappa shape index (κ2) is 9.04. The predicted molar refractivity (Wildman–Crippen MR) is 114 cm³/mol. The van der Waals surface area contributed by atoms with E-state index in [1.807, 2.05) is 0 Å². The summed E-state index contributed by atoms with van der Waals surface area (Å²) in [5, 5.41) is 27.2. The Bertz CT molecular complexity index is 1320. The van der Waals surface area contributed by atoms with Crippen LogP contribution in [0.5, 0.6) is 5.75 Å². The van der Waals surface area contributed by atoms with Crippen molar-refractivity contribution in [1.82, 2.24) is 0 Å². The Morgan fingerprint density at radius 1 is 0.968 bits per heavy atom. The Balaban J connectivity index is 1.91. The lowest BCUT2D eigenvalue weighted by Gasteiger charge is -2.03. The van der Waals surface area contributed by atoms with Gasteiger partial charge in [0.1, 0.15) is 11.4 Å². The SMILES string of the molecule is O=C(O)c1ccccc1N=Cc1cc(N=Nc2cc(S(=O)(=O)O)ccc2Cl)ccc1O. The van der Waals surface area contributed by atoms with E-state index >= 15 is 0 Å². The van der Waals surface area contributed by atoms with Gasteiger partial charge in [-0.2, -0.15) is 13.5 Å². The van der Waals surface area contributed by atoms with Gasteiger partial charge in [0.25, 0.3) is 10.1 Å². The van der Waals surface area contributed by atoms with Gasteiger partial charge in [-0.05, 0) is 48.5 Å². The van der Waals surface area contributed by atoms with E-state index in [4.69, 9.17) is 16.2 Å². The fraction of sp³-hybridized carbons (Fsp3) is 0. The summed E-state index contributed by atoms with van der Waals surface area (Å²) < 4.78 is 31.7. The average molecular weight is 460 g/mol. The van der Waals surface area contributed by atoms with Crippen molar-refractivity contribution in [2.75, 3.05) is 0 Å². The Hall–Kier alpha value is -3.60. The topological polar surface area (TPSA) is 149 Å². The number of azo groups is 1. The molecule has 3 aromatic carbocycles. The van der Waals surface area contributed by atoms with Crippen LogP contribution in [0.25, 0.3) is 0 Å². The summed E-state index contributed by atoms with van der Waals surface area (Å²) in [6, 6.07) is 13.8. The van der Waals surface area contributed by atoms with E-state index in [9.17, 15) is 23.4 Å². The molecule has 0 aliphatic rings. The number of halogens is 1. The molecule has 0 amide bonds. The maximum absolute atomic E-state index is 11.3. The Labute approximate surface area is 181 Å². The summed E-state index contributed by atoms with van der Waals surface area (Å²) in [6.07, 6.45) is 1.28. The Kier molecular flexibility index (Phi) is 6.44. The molecule has 0 heterocycles. The third-order valence-electron chi connectivity index (χ3n) is 3.98. The maximum Gasteiger partial charge on any atom is 0.337 e. The molecule has 0 aliphatic heterocycles. The van der Waals surface area contributed by atoms with Crippen molar-refractivity contribution in [3.8, 4) is 5.75 Å². The van der Waals surface area contributed by atoms with Gasteiger partial charge in [-0.3, -0.25) is 9.55 Å². The number of carbonyl (C=O) groups is 1.